The molecule has 0 bridgehead atoms. The molecule has 4 N–H and O–H groups in total. The van der Waals surface area contributed by atoms with E-state index in [9.17, 15) is 18.4 Å². The van der Waals surface area contributed by atoms with Crippen molar-refractivity contribution in [1.82, 2.24) is 0 Å². The van der Waals surface area contributed by atoms with E-state index in [1.807, 2.05) is 6.08 Å². The van der Waals surface area contributed by atoms with Gasteiger partial charge in [0, 0.05) is 4.47 Å². The van der Waals surface area contributed by atoms with Gasteiger partial charge in [0.1, 0.15) is 11.6 Å². The maximum atomic E-state index is 13.3. The summed E-state index contributed by atoms with van der Waals surface area (Å²) in [5.41, 5.74) is 1.63. The second-order valence-corrected chi connectivity index (χ2v) is 9.69. The summed E-state index contributed by atoms with van der Waals surface area (Å²) in [6.07, 6.45) is 11.7. The summed E-state index contributed by atoms with van der Waals surface area (Å²) in [6.45, 7) is 0. The fourth-order valence-electron chi connectivity index (χ4n) is 4.18. The van der Waals surface area contributed by atoms with Crippen LogP contribution in [0.2, 0.25) is 0 Å². The molecule has 2 aliphatic rings. The SMILES string of the molecule is O=C(O)c1cc(F)cc(Br)c1.O=C(O)c1cc(F)cc(C2CCCCC2)c1.OB(O)C1=CCCCC1. The van der Waals surface area contributed by atoms with Gasteiger partial charge in [0.15, 0.2) is 0 Å². The van der Waals surface area contributed by atoms with Crippen molar-refractivity contribution in [2.24, 2.45) is 0 Å². The second kappa shape index (κ2) is 14.9. The number of aromatic carboxylic acids is 2. The molecule has 1 saturated carbocycles. The summed E-state index contributed by atoms with van der Waals surface area (Å²) in [4.78, 5) is 21.1. The standard InChI is InChI=1S/C13H15FO2.C7H4BrFO2.C6H11BO2/c14-12-7-10(6-11(8-12)13(15)16)9-4-2-1-3-5-9;8-5-1-4(7(10)11)2-6(9)3-5;8-7(9)6-4-2-1-3-5-6/h6-9H,1-5H2,(H,15,16);1-3H,(H,10,11);4,8-9H,1-3,5H2. The Kier molecular flexibility index (Phi) is 12.3. The van der Waals surface area contributed by atoms with Crippen LogP contribution in [0.3, 0.4) is 0 Å². The van der Waals surface area contributed by atoms with Crippen molar-refractivity contribution < 1.29 is 38.6 Å². The molecule has 0 heterocycles. The molecule has 2 aliphatic carbocycles. The molecule has 0 unspecified atom stereocenters. The van der Waals surface area contributed by atoms with E-state index in [1.165, 1.54) is 31.0 Å². The highest BCUT2D eigenvalue weighted by Gasteiger charge is 2.18. The van der Waals surface area contributed by atoms with Crippen LogP contribution in [0.25, 0.3) is 0 Å². The molecule has 0 amide bonds. The zero-order valence-electron chi connectivity index (χ0n) is 19.8. The van der Waals surface area contributed by atoms with Gasteiger partial charge in [-0.1, -0.05) is 41.3 Å². The van der Waals surface area contributed by atoms with Crippen LogP contribution in [0.1, 0.15) is 90.0 Å². The predicted molar refractivity (Wildman–Crippen MR) is 137 cm³/mol. The first-order valence-corrected chi connectivity index (χ1v) is 12.6. The molecule has 194 valence electrons. The molecule has 0 aromatic heterocycles. The average Bonchev–Trinajstić information content (AvgIpc) is 2.85. The van der Waals surface area contributed by atoms with Crippen LogP contribution in [0, 0.1) is 11.6 Å². The van der Waals surface area contributed by atoms with Gasteiger partial charge in [-0.25, -0.2) is 18.4 Å². The van der Waals surface area contributed by atoms with E-state index in [0.717, 1.165) is 68.1 Å². The fourth-order valence-corrected chi connectivity index (χ4v) is 4.65. The minimum atomic E-state index is -1.20. The van der Waals surface area contributed by atoms with Gasteiger partial charge in [0.2, 0.25) is 0 Å². The molecular formula is C26H30BBrF2O6. The van der Waals surface area contributed by atoms with Crippen molar-refractivity contribution in [2.45, 2.75) is 63.7 Å². The van der Waals surface area contributed by atoms with E-state index in [-0.39, 0.29) is 11.1 Å². The van der Waals surface area contributed by atoms with E-state index >= 15 is 0 Å². The van der Waals surface area contributed by atoms with Gasteiger partial charge in [0.05, 0.1) is 11.1 Å². The number of carboxylic acid groups (broad SMARTS) is 2. The zero-order valence-corrected chi connectivity index (χ0v) is 21.4. The molecular weight excluding hydrogens is 537 g/mol. The van der Waals surface area contributed by atoms with E-state index in [1.54, 1.807) is 6.07 Å². The lowest BCUT2D eigenvalue weighted by atomic mass is 9.74. The molecule has 6 nitrogen and oxygen atoms in total. The molecule has 2 aromatic rings. The number of hydrogen-bond donors (Lipinski definition) is 4. The van der Waals surface area contributed by atoms with Crippen molar-refractivity contribution in [3.8, 4) is 0 Å². The maximum absolute atomic E-state index is 13.3. The lowest BCUT2D eigenvalue weighted by molar-refractivity contribution is 0.0685. The quantitative estimate of drug-likeness (QED) is 0.320. The van der Waals surface area contributed by atoms with Gasteiger partial charge in [0.25, 0.3) is 0 Å². The van der Waals surface area contributed by atoms with Crippen LogP contribution in [0.5, 0.6) is 0 Å². The number of rotatable bonds is 4. The lowest BCUT2D eigenvalue weighted by Gasteiger charge is -2.22. The number of carboxylic acids is 2. The molecule has 0 radical (unpaired) electrons. The smallest absolute Gasteiger partial charge is 0.478 e. The van der Waals surface area contributed by atoms with E-state index in [4.69, 9.17) is 20.3 Å². The summed E-state index contributed by atoms with van der Waals surface area (Å²) < 4.78 is 26.2. The molecule has 0 saturated heterocycles. The number of allylic oxidation sites excluding steroid dienone is 2. The second-order valence-electron chi connectivity index (χ2n) is 8.78. The van der Waals surface area contributed by atoms with E-state index < -0.39 is 30.7 Å². The lowest BCUT2D eigenvalue weighted by Crippen LogP contribution is -2.16. The molecule has 0 atom stereocenters. The Balaban J connectivity index is 0.000000200. The average molecular weight is 567 g/mol. The molecule has 0 spiro atoms. The van der Waals surface area contributed by atoms with E-state index in [0.29, 0.717) is 10.4 Å². The van der Waals surface area contributed by atoms with Crippen LogP contribution in [-0.4, -0.2) is 39.3 Å². The highest BCUT2D eigenvalue weighted by molar-refractivity contribution is 9.10. The molecule has 4 rings (SSSR count). The van der Waals surface area contributed by atoms with Crippen LogP contribution >= 0.6 is 15.9 Å². The van der Waals surface area contributed by atoms with Gasteiger partial charge in [-0.3, -0.25) is 0 Å². The van der Waals surface area contributed by atoms with Gasteiger partial charge in [-0.2, -0.15) is 0 Å². The first-order chi connectivity index (χ1) is 17.1. The van der Waals surface area contributed by atoms with Crippen molar-refractivity contribution in [1.29, 1.82) is 0 Å². The zero-order chi connectivity index (χ0) is 26.7. The largest absolute Gasteiger partial charge is 0.483 e. The van der Waals surface area contributed by atoms with Gasteiger partial charge >= 0.3 is 19.1 Å². The Morgan fingerprint density at radius 3 is 1.86 bits per heavy atom. The fraction of sp³-hybridized carbons (Fsp3) is 0.385. The van der Waals surface area contributed by atoms with Gasteiger partial charge in [-0.15, -0.1) is 0 Å². The predicted octanol–water partition coefficient (Wildman–Crippen LogP) is 6.36. The normalized spacial score (nSPS) is 15.4. The summed E-state index contributed by atoms with van der Waals surface area (Å²) >= 11 is 2.98. The summed E-state index contributed by atoms with van der Waals surface area (Å²) in [7, 11) is -1.20. The number of carbonyl (C=O) groups is 2. The molecule has 0 aliphatic heterocycles. The van der Waals surface area contributed by atoms with Crippen molar-refractivity contribution in [3.63, 3.8) is 0 Å². The first kappa shape index (κ1) is 29.7. The molecule has 10 heteroatoms. The molecule has 36 heavy (non-hydrogen) atoms. The highest BCUT2D eigenvalue weighted by Crippen LogP contribution is 2.33. The Morgan fingerprint density at radius 1 is 0.806 bits per heavy atom. The van der Waals surface area contributed by atoms with Gasteiger partial charge in [-0.05, 0) is 91.9 Å². The Morgan fingerprint density at radius 2 is 1.39 bits per heavy atom. The summed E-state index contributed by atoms with van der Waals surface area (Å²) in [5, 5.41) is 34.6. The maximum Gasteiger partial charge on any atom is 0.483 e. The Labute approximate surface area is 217 Å². The Hall–Kier alpha value is -2.56. The first-order valence-electron chi connectivity index (χ1n) is 11.8. The number of benzene rings is 2. The topological polar surface area (TPSA) is 115 Å². The van der Waals surface area contributed by atoms with Crippen LogP contribution in [0.4, 0.5) is 8.78 Å². The monoisotopic (exact) mass is 566 g/mol. The van der Waals surface area contributed by atoms with Gasteiger partial charge < -0.3 is 20.3 Å². The number of halogens is 3. The minimum Gasteiger partial charge on any atom is -0.478 e. The number of hydrogen-bond acceptors (Lipinski definition) is 4. The Bertz CT molecular complexity index is 1050. The minimum absolute atomic E-state index is 0.0561. The summed E-state index contributed by atoms with van der Waals surface area (Å²) in [6, 6.07) is 7.67. The highest BCUT2D eigenvalue weighted by atomic mass is 79.9. The van der Waals surface area contributed by atoms with Crippen molar-refractivity contribution >= 4 is 35.0 Å². The van der Waals surface area contributed by atoms with Crippen molar-refractivity contribution in [3.05, 3.63) is 80.7 Å². The van der Waals surface area contributed by atoms with E-state index in [2.05, 4.69) is 15.9 Å². The van der Waals surface area contributed by atoms with Crippen LogP contribution in [0.15, 0.2) is 52.4 Å². The van der Waals surface area contributed by atoms with Crippen molar-refractivity contribution in [2.75, 3.05) is 0 Å². The van der Waals surface area contributed by atoms with Crippen LogP contribution in [-0.2, 0) is 0 Å². The third-order valence-electron chi connectivity index (χ3n) is 6.01. The summed E-state index contributed by atoms with van der Waals surface area (Å²) in [5.74, 6) is -2.86. The molecule has 2 aromatic carbocycles. The third kappa shape index (κ3) is 10.2. The van der Waals surface area contributed by atoms with Crippen LogP contribution < -0.4 is 0 Å². The molecule has 1 fully saturated rings. The third-order valence-corrected chi connectivity index (χ3v) is 6.47.